The van der Waals surface area contributed by atoms with Gasteiger partial charge in [-0.2, -0.15) is 0 Å². The van der Waals surface area contributed by atoms with Crippen LogP contribution in [-0.4, -0.2) is 47.9 Å². The number of hydrogen-bond donors (Lipinski definition) is 2. The zero-order chi connectivity index (χ0) is 18.4. The van der Waals surface area contributed by atoms with Crippen LogP contribution < -0.4 is 5.32 Å². The Hall–Kier alpha value is -2.51. The standard InChI is InChI=1S/C16H15Cl2N3O4/c1-21(15(23)9-25-16(24)13-3-2-6-19-13)8-14(22)20-10-4-5-11(17)12(18)7-10/h2-7,19H,8-9H2,1H3,(H,20,22). The molecule has 0 atom stereocenters. The van der Waals surface area contributed by atoms with Gasteiger partial charge in [0.25, 0.3) is 5.91 Å². The van der Waals surface area contributed by atoms with E-state index < -0.39 is 24.4 Å². The summed E-state index contributed by atoms with van der Waals surface area (Å²) in [5.74, 6) is -1.58. The molecule has 2 N–H and O–H groups in total. The van der Waals surface area contributed by atoms with Gasteiger partial charge in [-0.05, 0) is 30.3 Å². The molecule has 0 aliphatic carbocycles. The molecule has 0 bridgehead atoms. The molecule has 0 aliphatic heterocycles. The van der Waals surface area contributed by atoms with Gasteiger partial charge in [0.2, 0.25) is 5.91 Å². The molecule has 0 saturated carbocycles. The molecule has 0 unspecified atom stereocenters. The number of H-pyrrole nitrogens is 1. The first kappa shape index (κ1) is 18.8. The number of anilines is 1. The number of halogens is 2. The number of nitrogens with zero attached hydrogens (tertiary/aromatic N) is 1. The van der Waals surface area contributed by atoms with E-state index in [1.54, 1.807) is 24.4 Å². The predicted molar refractivity (Wildman–Crippen MR) is 93.8 cm³/mol. The number of esters is 1. The van der Waals surface area contributed by atoms with Crippen LogP contribution in [0, 0.1) is 0 Å². The normalized spacial score (nSPS) is 10.2. The van der Waals surface area contributed by atoms with Gasteiger partial charge >= 0.3 is 5.97 Å². The number of carbonyl (C=O) groups excluding carboxylic acids is 3. The van der Waals surface area contributed by atoms with E-state index in [1.165, 1.54) is 19.2 Å². The average molecular weight is 384 g/mol. The summed E-state index contributed by atoms with van der Waals surface area (Å²) < 4.78 is 4.87. The highest BCUT2D eigenvalue weighted by Crippen LogP contribution is 2.24. The maximum atomic E-state index is 12.0. The van der Waals surface area contributed by atoms with E-state index in [4.69, 9.17) is 27.9 Å². The Bertz CT molecular complexity index is 778. The van der Waals surface area contributed by atoms with Crippen molar-refractivity contribution in [3.8, 4) is 0 Å². The van der Waals surface area contributed by atoms with E-state index in [2.05, 4.69) is 10.3 Å². The number of nitrogens with one attached hydrogen (secondary N) is 2. The van der Waals surface area contributed by atoms with Gasteiger partial charge in [0.15, 0.2) is 6.61 Å². The Morgan fingerprint density at radius 2 is 1.96 bits per heavy atom. The Kier molecular flexibility index (Phi) is 6.44. The highest BCUT2D eigenvalue weighted by atomic mass is 35.5. The minimum atomic E-state index is -0.646. The lowest BCUT2D eigenvalue weighted by molar-refractivity contribution is -0.136. The van der Waals surface area contributed by atoms with Gasteiger partial charge in [-0.3, -0.25) is 9.59 Å². The molecule has 1 aromatic carbocycles. The number of amides is 2. The van der Waals surface area contributed by atoms with Crippen LogP contribution in [0.2, 0.25) is 10.0 Å². The SMILES string of the molecule is CN(CC(=O)Nc1ccc(Cl)c(Cl)c1)C(=O)COC(=O)c1ccc[nH]1. The maximum absolute atomic E-state index is 12.0. The molecule has 2 amide bonds. The summed E-state index contributed by atoms with van der Waals surface area (Å²) in [4.78, 5) is 39.3. The molecule has 2 aromatic rings. The van der Waals surface area contributed by atoms with Gasteiger partial charge in [-0.15, -0.1) is 0 Å². The molecule has 0 spiro atoms. The third kappa shape index (κ3) is 5.51. The molecule has 2 rings (SSSR count). The number of ether oxygens (including phenoxy) is 1. The fourth-order valence-electron chi connectivity index (χ4n) is 1.85. The fraction of sp³-hybridized carbons (Fsp3) is 0.188. The van der Waals surface area contributed by atoms with Gasteiger partial charge in [0, 0.05) is 18.9 Å². The van der Waals surface area contributed by atoms with Crippen molar-refractivity contribution in [2.75, 3.05) is 25.5 Å². The Morgan fingerprint density at radius 3 is 2.60 bits per heavy atom. The van der Waals surface area contributed by atoms with Gasteiger partial charge in [0.05, 0.1) is 16.6 Å². The highest BCUT2D eigenvalue weighted by molar-refractivity contribution is 6.42. The summed E-state index contributed by atoms with van der Waals surface area (Å²) in [6, 6.07) is 7.81. The number of likely N-dealkylation sites (N-methyl/N-ethyl adjacent to an activating group) is 1. The number of aromatic nitrogens is 1. The molecular formula is C16H15Cl2N3O4. The van der Waals surface area contributed by atoms with Crippen molar-refractivity contribution in [1.82, 2.24) is 9.88 Å². The van der Waals surface area contributed by atoms with Gasteiger partial charge in [-0.25, -0.2) is 4.79 Å². The lowest BCUT2D eigenvalue weighted by atomic mass is 10.3. The van der Waals surface area contributed by atoms with Crippen LogP contribution in [0.1, 0.15) is 10.5 Å². The third-order valence-corrected chi connectivity index (χ3v) is 3.89. The molecular weight excluding hydrogens is 369 g/mol. The molecule has 0 saturated heterocycles. The highest BCUT2D eigenvalue weighted by Gasteiger charge is 2.16. The second kappa shape index (κ2) is 8.55. The first-order valence-electron chi connectivity index (χ1n) is 7.16. The first-order chi connectivity index (χ1) is 11.9. The van der Waals surface area contributed by atoms with Crippen LogP contribution in [0.3, 0.4) is 0 Å². The molecule has 1 aromatic heterocycles. The number of carbonyl (C=O) groups is 3. The summed E-state index contributed by atoms with van der Waals surface area (Å²) >= 11 is 11.7. The number of hydrogen-bond acceptors (Lipinski definition) is 4. The predicted octanol–water partition coefficient (Wildman–Crippen LogP) is 2.58. The van der Waals surface area contributed by atoms with Crippen molar-refractivity contribution in [3.63, 3.8) is 0 Å². The number of rotatable bonds is 6. The van der Waals surface area contributed by atoms with Crippen molar-refractivity contribution in [1.29, 1.82) is 0 Å². The Morgan fingerprint density at radius 1 is 1.20 bits per heavy atom. The topological polar surface area (TPSA) is 91.5 Å². The molecule has 0 radical (unpaired) electrons. The van der Waals surface area contributed by atoms with Crippen molar-refractivity contribution < 1.29 is 19.1 Å². The lowest BCUT2D eigenvalue weighted by Gasteiger charge is -2.16. The largest absolute Gasteiger partial charge is 0.451 e. The van der Waals surface area contributed by atoms with Crippen molar-refractivity contribution in [2.45, 2.75) is 0 Å². The Labute approximate surface area is 153 Å². The number of aromatic amines is 1. The molecule has 7 nitrogen and oxygen atoms in total. The number of benzene rings is 1. The minimum Gasteiger partial charge on any atom is -0.451 e. The van der Waals surface area contributed by atoms with Gasteiger partial charge in [-0.1, -0.05) is 23.2 Å². The second-order valence-corrected chi connectivity index (χ2v) is 5.90. The smallest absolute Gasteiger partial charge is 0.355 e. The van der Waals surface area contributed by atoms with Gasteiger partial charge in [0.1, 0.15) is 5.69 Å². The summed E-state index contributed by atoms with van der Waals surface area (Å²) in [6.07, 6.45) is 1.57. The second-order valence-electron chi connectivity index (χ2n) is 5.09. The van der Waals surface area contributed by atoms with Crippen LogP contribution in [0.25, 0.3) is 0 Å². The van der Waals surface area contributed by atoms with E-state index in [9.17, 15) is 14.4 Å². The van der Waals surface area contributed by atoms with E-state index in [0.717, 1.165) is 4.90 Å². The summed E-state index contributed by atoms with van der Waals surface area (Å²) in [7, 11) is 1.43. The quantitative estimate of drug-likeness (QED) is 0.749. The molecule has 132 valence electrons. The third-order valence-electron chi connectivity index (χ3n) is 3.15. The summed E-state index contributed by atoms with van der Waals surface area (Å²) in [5, 5.41) is 3.27. The van der Waals surface area contributed by atoms with Crippen LogP contribution in [0.4, 0.5) is 5.69 Å². The molecule has 0 fully saturated rings. The molecule has 0 aliphatic rings. The maximum Gasteiger partial charge on any atom is 0.355 e. The van der Waals surface area contributed by atoms with E-state index in [0.29, 0.717) is 15.7 Å². The van der Waals surface area contributed by atoms with E-state index >= 15 is 0 Å². The monoisotopic (exact) mass is 383 g/mol. The van der Waals surface area contributed by atoms with Crippen LogP contribution >= 0.6 is 23.2 Å². The van der Waals surface area contributed by atoms with Crippen molar-refractivity contribution >= 4 is 46.7 Å². The lowest BCUT2D eigenvalue weighted by Crippen LogP contribution is -2.37. The zero-order valence-corrected chi connectivity index (χ0v) is 14.7. The van der Waals surface area contributed by atoms with E-state index in [1.807, 2.05) is 0 Å². The van der Waals surface area contributed by atoms with Crippen LogP contribution in [0.15, 0.2) is 36.5 Å². The van der Waals surface area contributed by atoms with Crippen molar-refractivity contribution in [2.24, 2.45) is 0 Å². The van der Waals surface area contributed by atoms with Gasteiger partial charge < -0.3 is 19.9 Å². The zero-order valence-electron chi connectivity index (χ0n) is 13.2. The summed E-state index contributed by atoms with van der Waals surface area (Å²) in [5.41, 5.74) is 0.700. The fourth-order valence-corrected chi connectivity index (χ4v) is 2.15. The Balaban J connectivity index is 1.80. The minimum absolute atomic E-state index is 0.209. The van der Waals surface area contributed by atoms with E-state index in [-0.39, 0.29) is 12.2 Å². The molecule has 1 heterocycles. The van der Waals surface area contributed by atoms with Crippen LogP contribution in [-0.2, 0) is 14.3 Å². The molecule has 25 heavy (non-hydrogen) atoms. The molecule has 9 heteroatoms. The van der Waals surface area contributed by atoms with Crippen molar-refractivity contribution in [3.05, 3.63) is 52.3 Å². The van der Waals surface area contributed by atoms with Crippen LogP contribution in [0.5, 0.6) is 0 Å². The summed E-state index contributed by atoms with van der Waals surface area (Å²) in [6.45, 7) is -0.673. The average Bonchev–Trinajstić information content (AvgIpc) is 3.10. The first-order valence-corrected chi connectivity index (χ1v) is 7.92.